The summed E-state index contributed by atoms with van der Waals surface area (Å²) in [7, 11) is 1.91. The summed E-state index contributed by atoms with van der Waals surface area (Å²) in [5.74, 6) is 0.172. The highest BCUT2D eigenvalue weighted by molar-refractivity contribution is 5.35. The lowest BCUT2D eigenvalue weighted by Gasteiger charge is -2.17. The van der Waals surface area contributed by atoms with Crippen LogP contribution in [0.2, 0.25) is 0 Å². The van der Waals surface area contributed by atoms with E-state index in [4.69, 9.17) is 0 Å². The lowest BCUT2D eigenvalue weighted by molar-refractivity contribution is 0.578. The maximum atomic E-state index is 12.7. The van der Waals surface area contributed by atoms with Crippen molar-refractivity contribution in [3.05, 3.63) is 18.3 Å². The third-order valence-electron chi connectivity index (χ3n) is 2.11. The molecule has 4 heteroatoms. The molecule has 0 N–H and O–H groups in total. The molecule has 0 amide bonds. The molecule has 0 atom stereocenters. The van der Waals surface area contributed by atoms with Crippen molar-refractivity contribution in [2.75, 3.05) is 18.5 Å². The Hall–Kier alpha value is -1.19. The largest absolute Gasteiger partial charge is 0.359 e. The molecule has 0 saturated heterocycles. The monoisotopic (exact) mass is 197 g/mol. The number of unbranched alkanes of at least 4 members (excludes halogenated alkanes) is 2. The Kier molecular flexibility index (Phi) is 4.29. The average molecular weight is 197 g/mol. The highest BCUT2D eigenvalue weighted by Gasteiger charge is 2.02. The first kappa shape index (κ1) is 10.9. The molecule has 1 heterocycles. The predicted octanol–water partition coefficient (Wildman–Crippen LogP) is 2.24. The van der Waals surface area contributed by atoms with E-state index in [1.807, 2.05) is 11.9 Å². The van der Waals surface area contributed by atoms with Crippen molar-refractivity contribution in [2.45, 2.75) is 26.2 Å². The highest BCUT2D eigenvalue weighted by atomic mass is 19.1. The maximum Gasteiger partial charge on any atom is 0.218 e. The van der Waals surface area contributed by atoms with E-state index in [1.54, 1.807) is 0 Å². The molecule has 0 aliphatic heterocycles. The van der Waals surface area contributed by atoms with Crippen LogP contribution in [0.5, 0.6) is 0 Å². The lowest BCUT2D eigenvalue weighted by Crippen LogP contribution is -2.19. The van der Waals surface area contributed by atoms with E-state index < -0.39 is 5.95 Å². The Bertz CT molecular complexity index is 278. The van der Waals surface area contributed by atoms with E-state index in [1.165, 1.54) is 25.2 Å². The van der Waals surface area contributed by atoms with Crippen molar-refractivity contribution < 1.29 is 4.39 Å². The number of hydrogen-bond acceptors (Lipinski definition) is 3. The first-order valence-corrected chi connectivity index (χ1v) is 4.92. The first-order valence-electron chi connectivity index (χ1n) is 4.92. The van der Waals surface area contributed by atoms with E-state index in [2.05, 4.69) is 16.9 Å². The van der Waals surface area contributed by atoms with Gasteiger partial charge in [-0.25, -0.2) is 9.97 Å². The Labute approximate surface area is 84.0 Å². The second kappa shape index (κ2) is 5.52. The fraction of sp³-hybridized carbons (Fsp3) is 0.600. The standard InChI is InChI=1S/C10H16FN3/c1-3-4-5-6-14(2)10-7-9(11)12-8-13-10/h7-8H,3-6H2,1-2H3. The van der Waals surface area contributed by atoms with Crippen molar-refractivity contribution in [3.63, 3.8) is 0 Å². The van der Waals surface area contributed by atoms with Crippen LogP contribution in [0, 0.1) is 5.95 Å². The molecule has 0 aliphatic rings. The summed E-state index contributed by atoms with van der Waals surface area (Å²) in [6.07, 6.45) is 4.74. The highest BCUT2D eigenvalue weighted by Crippen LogP contribution is 2.09. The fourth-order valence-electron chi connectivity index (χ4n) is 1.25. The van der Waals surface area contributed by atoms with E-state index >= 15 is 0 Å². The van der Waals surface area contributed by atoms with Gasteiger partial charge in [0.1, 0.15) is 12.1 Å². The van der Waals surface area contributed by atoms with Crippen molar-refractivity contribution >= 4 is 5.82 Å². The minimum Gasteiger partial charge on any atom is -0.359 e. The molecule has 1 aromatic rings. The number of hydrogen-bond donors (Lipinski definition) is 0. The van der Waals surface area contributed by atoms with Gasteiger partial charge in [-0.2, -0.15) is 4.39 Å². The Morgan fingerprint density at radius 2 is 2.14 bits per heavy atom. The van der Waals surface area contributed by atoms with Crippen LogP contribution in [0.4, 0.5) is 10.2 Å². The van der Waals surface area contributed by atoms with Gasteiger partial charge in [-0.3, -0.25) is 0 Å². The van der Waals surface area contributed by atoms with Gasteiger partial charge in [0, 0.05) is 19.7 Å². The van der Waals surface area contributed by atoms with Gasteiger partial charge in [0.25, 0.3) is 0 Å². The van der Waals surface area contributed by atoms with Gasteiger partial charge < -0.3 is 4.90 Å². The predicted molar refractivity (Wildman–Crippen MR) is 54.8 cm³/mol. The molecule has 3 nitrogen and oxygen atoms in total. The molecule has 1 rings (SSSR count). The van der Waals surface area contributed by atoms with E-state index in [0.29, 0.717) is 5.82 Å². The molecule has 0 spiro atoms. The van der Waals surface area contributed by atoms with Gasteiger partial charge >= 0.3 is 0 Å². The van der Waals surface area contributed by atoms with Crippen LogP contribution in [-0.4, -0.2) is 23.6 Å². The number of halogens is 1. The van der Waals surface area contributed by atoms with Gasteiger partial charge in [0.2, 0.25) is 5.95 Å². The lowest BCUT2D eigenvalue weighted by atomic mass is 10.2. The van der Waals surface area contributed by atoms with Gasteiger partial charge in [-0.1, -0.05) is 19.8 Å². The van der Waals surface area contributed by atoms with Gasteiger partial charge in [-0.05, 0) is 6.42 Å². The van der Waals surface area contributed by atoms with E-state index in [-0.39, 0.29) is 0 Å². The molecule has 0 aromatic carbocycles. The minimum atomic E-state index is -0.475. The van der Waals surface area contributed by atoms with E-state index in [0.717, 1.165) is 13.0 Å². The van der Waals surface area contributed by atoms with Crippen LogP contribution < -0.4 is 4.90 Å². The molecule has 14 heavy (non-hydrogen) atoms. The second-order valence-electron chi connectivity index (χ2n) is 3.33. The summed E-state index contributed by atoms with van der Waals surface area (Å²) in [4.78, 5) is 9.35. The molecule has 0 saturated carbocycles. The quantitative estimate of drug-likeness (QED) is 0.535. The third-order valence-corrected chi connectivity index (χ3v) is 2.11. The topological polar surface area (TPSA) is 29.0 Å². The van der Waals surface area contributed by atoms with Crippen LogP contribution >= 0.6 is 0 Å². The average Bonchev–Trinajstić information content (AvgIpc) is 2.18. The second-order valence-corrected chi connectivity index (χ2v) is 3.33. The molecular weight excluding hydrogens is 181 g/mol. The van der Waals surface area contributed by atoms with Gasteiger partial charge in [0.05, 0.1) is 0 Å². The zero-order chi connectivity index (χ0) is 10.4. The third kappa shape index (κ3) is 3.28. The van der Waals surface area contributed by atoms with Gasteiger partial charge in [0.15, 0.2) is 0 Å². The minimum absolute atomic E-state index is 0.475. The molecule has 1 aromatic heterocycles. The molecule has 0 unspecified atom stereocenters. The van der Waals surface area contributed by atoms with Crippen LogP contribution in [0.3, 0.4) is 0 Å². The summed E-state index contributed by atoms with van der Waals surface area (Å²) in [6.45, 7) is 3.06. The zero-order valence-electron chi connectivity index (χ0n) is 8.70. The Morgan fingerprint density at radius 3 is 2.79 bits per heavy atom. The summed E-state index contributed by atoms with van der Waals surface area (Å²) in [5, 5.41) is 0. The summed E-state index contributed by atoms with van der Waals surface area (Å²) < 4.78 is 12.7. The molecule has 0 fully saturated rings. The fourth-order valence-corrected chi connectivity index (χ4v) is 1.25. The molecule has 0 radical (unpaired) electrons. The van der Waals surface area contributed by atoms with Crippen LogP contribution in [0.15, 0.2) is 12.4 Å². The van der Waals surface area contributed by atoms with Crippen molar-refractivity contribution in [3.8, 4) is 0 Å². The summed E-state index contributed by atoms with van der Waals surface area (Å²) in [5.41, 5.74) is 0. The zero-order valence-corrected chi connectivity index (χ0v) is 8.70. The Balaban J connectivity index is 2.47. The molecule has 78 valence electrons. The van der Waals surface area contributed by atoms with Crippen molar-refractivity contribution in [1.29, 1.82) is 0 Å². The normalized spacial score (nSPS) is 10.2. The summed E-state index contributed by atoms with van der Waals surface area (Å²) in [6, 6.07) is 1.35. The number of anilines is 1. The van der Waals surface area contributed by atoms with E-state index in [9.17, 15) is 4.39 Å². The van der Waals surface area contributed by atoms with Crippen LogP contribution in [0.25, 0.3) is 0 Å². The van der Waals surface area contributed by atoms with Crippen molar-refractivity contribution in [1.82, 2.24) is 9.97 Å². The van der Waals surface area contributed by atoms with Crippen molar-refractivity contribution in [2.24, 2.45) is 0 Å². The summed E-state index contributed by atoms with van der Waals surface area (Å²) >= 11 is 0. The molecular formula is C10H16FN3. The SMILES string of the molecule is CCCCCN(C)c1cc(F)ncn1. The van der Waals surface area contributed by atoms with Crippen LogP contribution in [-0.2, 0) is 0 Å². The van der Waals surface area contributed by atoms with Crippen LogP contribution in [0.1, 0.15) is 26.2 Å². The van der Waals surface area contributed by atoms with Gasteiger partial charge in [-0.15, -0.1) is 0 Å². The maximum absolute atomic E-state index is 12.7. The smallest absolute Gasteiger partial charge is 0.218 e. The Morgan fingerprint density at radius 1 is 1.36 bits per heavy atom. The first-order chi connectivity index (χ1) is 6.74. The number of nitrogens with zero attached hydrogens (tertiary/aromatic N) is 3. The number of rotatable bonds is 5. The molecule has 0 bridgehead atoms. The molecule has 0 aliphatic carbocycles. The number of aromatic nitrogens is 2.